The third-order valence-electron chi connectivity index (χ3n) is 4.62. The summed E-state index contributed by atoms with van der Waals surface area (Å²) in [4.78, 5) is 17.6. The predicted molar refractivity (Wildman–Crippen MR) is 101 cm³/mol. The molecule has 4 heterocycles. The van der Waals surface area contributed by atoms with Crippen LogP contribution < -0.4 is 15.2 Å². The van der Waals surface area contributed by atoms with Crippen molar-refractivity contribution in [1.29, 1.82) is 0 Å². The summed E-state index contributed by atoms with van der Waals surface area (Å²) in [5.74, 6) is 1.13. The molecule has 0 amide bonds. The Balaban J connectivity index is 1.54. The van der Waals surface area contributed by atoms with Gasteiger partial charge in [-0.2, -0.15) is 5.10 Å². The molecule has 1 aliphatic heterocycles. The summed E-state index contributed by atoms with van der Waals surface area (Å²) < 4.78 is 25.6. The number of aryl methyl sites for hydroxylation is 2. The summed E-state index contributed by atoms with van der Waals surface area (Å²) in [5, 5.41) is 9.88. The molecule has 1 N–H and O–H groups in total. The quantitative estimate of drug-likeness (QED) is 0.712. The van der Waals surface area contributed by atoms with Crippen molar-refractivity contribution in [3.63, 3.8) is 0 Å². The Labute approximate surface area is 164 Å². The van der Waals surface area contributed by atoms with Gasteiger partial charge in [0.15, 0.2) is 6.17 Å². The zero-order valence-electron chi connectivity index (χ0n) is 15.1. The standard InChI is InChI=1S/C18H17ClFN5O3/c1-9-16(10(2)28-24-9)13-5-11(3-4-21-13)27-15-8-25(7-12(15)20)14-6-22-23-18(26)17(14)19/h3-6,12,15H,7-8H2,1-2H3,(H,23,26)/t12-,15-/m0/s1. The molecule has 0 bridgehead atoms. The number of hydrogen-bond acceptors (Lipinski definition) is 7. The smallest absolute Gasteiger partial charge is 0.285 e. The van der Waals surface area contributed by atoms with Gasteiger partial charge in [0.25, 0.3) is 5.56 Å². The van der Waals surface area contributed by atoms with E-state index >= 15 is 0 Å². The zero-order chi connectivity index (χ0) is 19.8. The minimum Gasteiger partial charge on any atom is -0.485 e. The highest BCUT2D eigenvalue weighted by Gasteiger charge is 2.36. The molecule has 0 aliphatic carbocycles. The number of hydrogen-bond donors (Lipinski definition) is 1. The molecule has 10 heteroatoms. The van der Waals surface area contributed by atoms with Gasteiger partial charge in [-0.15, -0.1) is 0 Å². The van der Waals surface area contributed by atoms with E-state index in [1.54, 1.807) is 30.2 Å². The molecule has 1 saturated heterocycles. The Morgan fingerprint density at radius 2 is 2.21 bits per heavy atom. The minimum atomic E-state index is -1.26. The van der Waals surface area contributed by atoms with Crippen LogP contribution in [0, 0.1) is 13.8 Å². The maximum absolute atomic E-state index is 14.6. The van der Waals surface area contributed by atoms with E-state index in [0.29, 0.717) is 28.6 Å². The van der Waals surface area contributed by atoms with Gasteiger partial charge in [0.2, 0.25) is 0 Å². The van der Waals surface area contributed by atoms with Crippen LogP contribution in [0.4, 0.5) is 10.1 Å². The number of rotatable bonds is 4. The summed E-state index contributed by atoms with van der Waals surface area (Å²) in [6, 6.07) is 3.39. The predicted octanol–water partition coefficient (Wildman–Crippen LogP) is 2.70. The molecular weight excluding hydrogens is 389 g/mol. The monoisotopic (exact) mass is 405 g/mol. The van der Waals surface area contributed by atoms with E-state index in [0.717, 1.165) is 5.56 Å². The molecule has 0 aromatic carbocycles. The van der Waals surface area contributed by atoms with Crippen LogP contribution in [-0.2, 0) is 0 Å². The lowest BCUT2D eigenvalue weighted by Crippen LogP contribution is -2.28. The molecule has 0 radical (unpaired) electrons. The average molecular weight is 406 g/mol. The van der Waals surface area contributed by atoms with Gasteiger partial charge in [0, 0.05) is 12.3 Å². The fourth-order valence-corrected chi connectivity index (χ4v) is 3.49. The molecule has 4 rings (SSSR count). The first kappa shape index (κ1) is 18.4. The normalized spacial score (nSPS) is 19.2. The number of aromatic amines is 1. The first-order valence-corrected chi connectivity index (χ1v) is 9.00. The lowest BCUT2D eigenvalue weighted by atomic mass is 10.1. The van der Waals surface area contributed by atoms with Crippen molar-refractivity contribution in [2.45, 2.75) is 26.1 Å². The van der Waals surface area contributed by atoms with Gasteiger partial charge in [-0.3, -0.25) is 9.78 Å². The van der Waals surface area contributed by atoms with Crippen LogP contribution in [0.15, 0.2) is 33.8 Å². The molecule has 2 atom stereocenters. The van der Waals surface area contributed by atoms with Gasteiger partial charge in [-0.1, -0.05) is 16.8 Å². The van der Waals surface area contributed by atoms with E-state index in [1.807, 2.05) is 6.92 Å². The third-order valence-corrected chi connectivity index (χ3v) is 4.99. The second-order valence-corrected chi connectivity index (χ2v) is 6.93. The van der Waals surface area contributed by atoms with Crippen molar-refractivity contribution < 1.29 is 13.7 Å². The van der Waals surface area contributed by atoms with Crippen molar-refractivity contribution >= 4 is 17.3 Å². The number of aromatic nitrogens is 4. The number of pyridine rings is 1. The van der Waals surface area contributed by atoms with Gasteiger partial charge in [0.1, 0.15) is 22.6 Å². The van der Waals surface area contributed by atoms with Crippen molar-refractivity contribution in [1.82, 2.24) is 20.3 Å². The average Bonchev–Trinajstić information content (AvgIpc) is 3.19. The van der Waals surface area contributed by atoms with Gasteiger partial charge < -0.3 is 14.2 Å². The molecule has 0 unspecified atom stereocenters. The second-order valence-electron chi connectivity index (χ2n) is 6.55. The van der Waals surface area contributed by atoms with Crippen molar-refractivity contribution in [2.24, 2.45) is 0 Å². The Bertz CT molecular complexity index is 1050. The first-order valence-electron chi connectivity index (χ1n) is 8.62. The maximum Gasteiger partial charge on any atom is 0.285 e. The molecule has 28 heavy (non-hydrogen) atoms. The molecule has 3 aromatic rings. The highest BCUT2D eigenvalue weighted by Crippen LogP contribution is 2.31. The summed E-state index contributed by atoms with van der Waals surface area (Å²) >= 11 is 6.02. The lowest BCUT2D eigenvalue weighted by molar-refractivity contribution is 0.140. The van der Waals surface area contributed by atoms with Crippen LogP contribution in [0.5, 0.6) is 5.75 Å². The van der Waals surface area contributed by atoms with E-state index < -0.39 is 17.8 Å². The van der Waals surface area contributed by atoms with Crippen LogP contribution in [0.25, 0.3) is 11.3 Å². The van der Waals surface area contributed by atoms with Gasteiger partial charge in [-0.05, 0) is 19.9 Å². The topological polar surface area (TPSA) is 97.1 Å². The molecule has 8 nitrogen and oxygen atoms in total. The Morgan fingerprint density at radius 1 is 1.39 bits per heavy atom. The Morgan fingerprint density at radius 3 is 2.96 bits per heavy atom. The molecule has 3 aromatic heterocycles. The SMILES string of the molecule is Cc1noc(C)c1-c1cc(O[C@H]2CN(c3cn[nH]c(=O)c3Cl)C[C@@H]2F)ccn1. The minimum absolute atomic E-state index is 0.0209. The molecular formula is C18H17ClFN5O3. The first-order chi connectivity index (χ1) is 13.4. The maximum atomic E-state index is 14.6. The van der Waals surface area contributed by atoms with Crippen molar-refractivity contribution in [2.75, 3.05) is 18.0 Å². The summed E-state index contributed by atoms with van der Waals surface area (Å²) in [6.07, 6.45) is 1.01. The number of ether oxygens (including phenoxy) is 1. The fourth-order valence-electron chi connectivity index (χ4n) is 3.28. The Kier molecular flexibility index (Phi) is 4.76. The highest BCUT2D eigenvalue weighted by molar-refractivity contribution is 6.33. The lowest BCUT2D eigenvalue weighted by Gasteiger charge is -2.18. The summed E-state index contributed by atoms with van der Waals surface area (Å²) in [5.41, 5.74) is 2.01. The number of nitrogens with one attached hydrogen (secondary N) is 1. The number of anilines is 1. The third kappa shape index (κ3) is 3.33. The highest BCUT2D eigenvalue weighted by atomic mass is 35.5. The van der Waals surface area contributed by atoms with E-state index in [2.05, 4.69) is 20.3 Å². The Hall–Kier alpha value is -2.94. The van der Waals surface area contributed by atoms with Crippen molar-refractivity contribution in [3.05, 3.63) is 51.4 Å². The molecule has 0 saturated carbocycles. The molecule has 1 fully saturated rings. The summed E-state index contributed by atoms with van der Waals surface area (Å²) in [6.45, 7) is 3.91. The van der Waals surface area contributed by atoms with Gasteiger partial charge >= 0.3 is 0 Å². The van der Waals surface area contributed by atoms with E-state index in [1.165, 1.54) is 6.20 Å². The molecule has 146 valence electrons. The number of alkyl halides is 1. The fraction of sp³-hybridized carbons (Fsp3) is 0.333. The van der Waals surface area contributed by atoms with E-state index in [-0.39, 0.29) is 18.1 Å². The van der Waals surface area contributed by atoms with Crippen LogP contribution >= 0.6 is 11.6 Å². The van der Waals surface area contributed by atoms with Crippen LogP contribution in [0.3, 0.4) is 0 Å². The van der Waals surface area contributed by atoms with Gasteiger partial charge in [-0.25, -0.2) is 9.49 Å². The summed E-state index contributed by atoms with van der Waals surface area (Å²) in [7, 11) is 0. The van der Waals surface area contributed by atoms with Crippen molar-refractivity contribution in [3.8, 4) is 17.0 Å². The van der Waals surface area contributed by atoms with Crippen LogP contribution in [-0.4, -0.2) is 45.7 Å². The zero-order valence-corrected chi connectivity index (χ0v) is 15.9. The number of H-pyrrole nitrogens is 1. The van der Waals surface area contributed by atoms with Crippen LogP contribution in [0.2, 0.25) is 5.02 Å². The van der Waals surface area contributed by atoms with Crippen LogP contribution in [0.1, 0.15) is 11.5 Å². The molecule has 0 spiro atoms. The second kappa shape index (κ2) is 7.23. The largest absolute Gasteiger partial charge is 0.485 e. The van der Waals surface area contributed by atoms with Gasteiger partial charge in [0.05, 0.1) is 41.9 Å². The molecule has 1 aliphatic rings. The van der Waals surface area contributed by atoms with E-state index in [9.17, 15) is 9.18 Å². The number of nitrogens with zero attached hydrogens (tertiary/aromatic N) is 4. The number of halogens is 2. The van der Waals surface area contributed by atoms with E-state index in [4.69, 9.17) is 20.9 Å².